The Hall–Kier alpha value is -3.52. The first-order valence-corrected chi connectivity index (χ1v) is 10.3. The average molecular weight is 420 g/mol. The van der Waals surface area contributed by atoms with Crippen LogP contribution < -0.4 is 0 Å². The fourth-order valence-corrected chi connectivity index (χ4v) is 3.62. The highest BCUT2D eigenvalue weighted by atomic mass is 32.2. The molecule has 7 nitrogen and oxygen atoms in total. The Labute approximate surface area is 176 Å². The van der Waals surface area contributed by atoms with E-state index in [1.807, 2.05) is 49.5 Å². The van der Waals surface area contributed by atoms with E-state index < -0.39 is 5.97 Å². The quantitative estimate of drug-likeness (QED) is 0.274. The van der Waals surface area contributed by atoms with Crippen molar-refractivity contribution in [2.75, 3.05) is 5.75 Å². The largest absolute Gasteiger partial charge is 0.481 e. The van der Waals surface area contributed by atoms with E-state index in [4.69, 9.17) is 9.52 Å². The predicted molar refractivity (Wildman–Crippen MR) is 118 cm³/mol. The molecule has 0 amide bonds. The average Bonchev–Trinajstić information content (AvgIpc) is 3.48. The van der Waals surface area contributed by atoms with Crippen LogP contribution in [0.3, 0.4) is 0 Å². The molecule has 3 N–H and O–H groups in total. The Morgan fingerprint density at radius 3 is 2.90 bits per heavy atom. The van der Waals surface area contributed by atoms with Gasteiger partial charge in [0.1, 0.15) is 5.76 Å². The van der Waals surface area contributed by atoms with Gasteiger partial charge in [-0.25, -0.2) is 0 Å². The monoisotopic (exact) mass is 420 g/mol. The van der Waals surface area contributed by atoms with E-state index in [1.165, 1.54) is 5.57 Å². The first kappa shape index (κ1) is 19.8. The van der Waals surface area contributed by atoms with Crippen LogP contribution in [-0.2, 0) is 4.79 Å². The Morgan fingerprint density at radius 1 is 1.27 bits per heavy atom. The fourth-order valence-electron chi connectivity index (χ4n) is 3.10. The van der Waals surface area contributed by atoms with Gasteiger partial charge < -0.3 is 14.5 Å². The van der Waals surface area contributed by atoms with Crippen molar-refractivity contribution in [1.29, 1.82) is 0 Å². The minimum atomic E-state index is -0.915. The smallest absolute Gasteiger partial charge is 0.313 e. The van der Waals surface area contributed by atoms with Crippen molar-refractivity contribution < 1.29 is 14.3 Å². The highest BCUT2D eigenvalue weighted by Crippen LogP contribution is 2.32. The first-order chi connectivity index (χ1) is 14.5. The summed E-state index contributed by atoms with van der Waals surface area (Å²) in [4.78, 5) is 18.3. The number of rotatable bonds is 7. The van der Waals surface area contributed by atoms with E-state index in [2.05, 4.69) is 39.2 Å². The number of H-pyrrole nitrogens is 2. The van der Waals surface area contributed by atoms with Crippen LogP contribution >= 0.6 is 11.8 Å². The first-order valence-electron chi connectivity index (χ1n) is 9.34. The molecule has 152 valence electrons. The number of nitrogens with one attached hydrogen (secondary N) is 2. The molecule has 0 fully saturated rings. The summed E-state index contributed by atoms with van der Waals surface area (Å²) in [6.45, 7) is 4.08. The maximum atomic E-state index is 10.7. The van der Waals surface area contributed by atoms with Crippen LogP contribution in [0.4, 0.5) is 0 Å². The number of hydrogen-bond donors (Lipinski definition) is 3. The second-order valence-electron chi connectivity index (χ2n) is 6.65. The molecule has 4 aromatic rings. The van der Waals surface area contributed by atoms with Gasteiger partial charge in [0.15, 0.2) is 11.6 Å². The molecular formula is C22H20N4O3S. The second kappa shape index (κ2) is 8.46. The van der Waals surface area contributed by atoms with Crippen LogP contribution in [0.2, 0.25) is 0 Å². The van der Waals surface area contributed by atoms with Crippen molar-refractivity contribution in [3.63, 3.8) is 0 Å². The highest BCUT2D eigenvalue weighted by Gasteiger charge is 2.14. The summed E-state index contributed by atoms with van der Waals surface area (Å²) in [7, 11) is 0. The maximum absolute atomic E-state index is 10.7. The molecule has 0 aliphatic rings. The second-order valence-corrected chi connectivity index (χ2v) is 7.59. The molecule has 4 rings (SSSR count). The normalized spacial score (nSPS) is 12.3. The summed E-state index contributed by atoms with van der Waals surface area (Å²) in [5, 5.41) is 17.1. The molecule has 30 heavy (non-hydrogen) atoms. The molecule has 3 heterocycles. The van der Waals surface area contributed by atoms with Gasteiger partial charge in [-0.2, -0.15) is 4.98 Å². The Morgan fingerprint density at radius 2 is 2.10 bits per heavy atom. The number of aromatic nitrogens is 4. The lowest BCUT2D eigenvalue weighted by molar-refractivity contribution is -0.133. The highest BCUT2D eigenvalue weighted by molar-refractivity contribution is 7.99. The summed E-state index contributed by atoms with van der Waals surface area (Å²) in [6.07, 6.45) is 8.13. The minimum absolute atomic E-state index is 0.0956. The number of thioether (sulfide) groups is 1. The number of allylic oxidation sites excluding steroid dienone is 4. The van der Waals surface area contributed by atoms with Crippen molar-refractivity contribution in [1.82, 2.24) is 20.2 Å². The summed E-state index contributed by atoms with van der Waals surface area (Å²) >= 11 is 1.05. The summed E-state index contributed by atoms with van der Waals surface area (Å²) in [6, 6.07) is 9.85. The van der Waals surface area contributed by atoms with E-state index in [9.17, 15) is 4.79 Å². The molecule has 1 aromatic carbocycles. The van der Waals surface area contributed by atoms with Gasteiger partial charge in [-0.15, -0.1) is 5.10 Å². The molecule has 0 bridgehead atoms. The van der Waals surface area contributed by atoms with Gasteiger partial charge in [0.25, 0.3) is 0 Å². The van der Waals surface area contributed by atoms with Crippen LogP contribution in [0.15, 0.2) is 64.3 Å². The molecule has 0 unspecified atom stereocenters. The number of carboxylic acids is 1. The molecule has 0 aliphatic carbocycles. The van der Waals surface area contributed by atoms with Crippen molar-refractivity contribution in [3.8, 4) is 22.9 Å². The van der Waals surface area contributed by atoms with E-state index in [0.717, 1.165) is 33.8 Å². The molecule has 0 spiro atoms. The van der Waals surface area contributed by atoms with Gasteiger partial charge in [-0.05, 0) is 49.8 Å². The molecule has 8 heteroatoms. The number of furan rings is 1. The summed E-state index contributed by atoms with van der Waals surface area (Å²) < 4.78 is 5.99. The van der Waals surface area contributed by atoms with E-state index in [0.29, 0.717) is 22.5 Å². The van der Waals surface area contributed by atoms with Crippen LogP contribution in [0.1, 0.15) is 19.4 Å². The number of aliphatic carboxylic acids is 1. The van der Waals surface area contributed by atoms with E-state index in [-0.39, 0.29) is 5.75 Å². The number of nitrogens with zero attached hydrogens (tertiary/aromatic N) is 2. The summed E-state index contributed by atoms with van der Waals surface area (Å²) in [5.74, 6) is 0.704. The molecular weight excluding hydrogens is 400 g/mol. The number of benzene rings is 1. The van der Waals surface area contributed by atoms with E-state index >= 15 is 0 Å². The standard InChI is InChI=1S/C22H20N4O3S/c1-3-4-5-13(2)16-11-23-17-7-6-14(10-15(16)17)18-8-9-19(29-18)21-24-22(26-25-21)30-12-20(27)28/h3-11,23H,12H2,1-2H3,(H,27,28)(H,24,25,26). The zero-order valence-electron chi connectivity index (χ0n) is 16.5. The van der Waals surface area contributed by atoms with Crippen molar-refractivity contribution in [2.45, 2.75) is 19.0 Å². The SMILES string of the molecule is CC=CC=C(C)c1c[nH]c2ccc(-c3ccc(-c4nc(SCC(=O)O)n[nH]4)o3)cc12. The van der Waals surface area contributed by atoms with E-state index in [1.54, 1.807) is 0 Å². The van der Waals surface area contributed by atoms with Gasteiger partial charge in [-0.3, -0.25) is 9.89 Å². The molecule has 0 saturated heterocycles. The third-order valence-electron chi connectivity index (χ3n) is 4.56. The molecule has 0 atom stereocenters. The minimum Gasteiger partial charge on any atom is -0.481 e. The van der Waals surface area contributed by atoms with Crippen LogP contribution in [0.25, 0.3) is 39.4 Å². The van der Waals surface area contributed by atoms with Crippen LogP contribution in [-0.4, -0.2) is 37.0 Å². The number of carbonyl (C=O) groups is 1. The number of fused-ring (bicyclic) bond motifs is 1. The number of aromatic amines is 2. The van der Waals surface area contributed by atoms with Gasteiger partial charge in [0.2, 0.25) is 5.16 Å². The zero-order valence-corrected chi connectivity index (χ0v) is 17.3. The Bertz CT molecular complexity index is 1260. The van der Waals surface area contributed by atoms with Gasteiger partial charge in [0.05, 0.1) is 5.75 Å². The number of carboxylic acid groups (broad SMARTS) is 1. The third kappa shape index (κ3) is 4.08. The third-order valence-corrected chi connectivity index (χ3v) is 5.39. The lowest BCUT2D eigenvalue weighted by Crippen LogP contribution is -1.97. The molecule has 0 saturated carbocycles. The van der Waals surface area contributed by atoms with Gasteiger partial charge >= 0.3 is 5.97 Å². The zero-order chi connectivity index (χ0) is 21.1. The molecule has 0 aliphatic heterocycles. The molecule has 0 radical (unpaired) electrons. The molecule has 3 aromatic heterocycles. The Kier molecular flexibility index (Phi) is 5.58. The van der Waals surface area contributed by atoms with Crippen LogP contribution in [0, 0.1) is 0 Å². The van der Waals surface area contributed by atoms with Crippen molar-refractivity contribution >= 4 is 34.2 Å². The number of hydrogen-bond acceptors (Lipinski definition) is 5. The van der Waals surface area contributed by atoms with Gasteiger partial charge in [-0.1, -0.05) is 30.0 Å². The lowest BCUT2D eigenvalue weighted by Gasteiger charge is -2.01. The maximum Gasteiger partial charge on any atom is 0.313 e. The van der Waals surface area contributed by atoms with Crippen molar-refractivity contribution in [2.24, 2.45) is 0 Å². The Balaban J connectivity index is 1.62. The lowest BCUT2D eigenvalue weighted by atomic mass is 10.0. The van der Waals surface area contributed by atoms with Crippen LogP contribution in [0.5, 0.6) is 0 Å². The van der Waals surface area contributed by atoms with Gasteiger partial charge in [0, 0.05) is 28.2 Å². The fraction of sp³-hybridized carbons (Fsp3) is 0.136. The van der Waals surface area contributed by atoms with Crippen molar-refractivity contribution in [3.05, 3.63) is 60.3 Å². The predicted octanol–water partition coefficient (Wildman–Crippen LogP) is 5.37. The topological polar surface area (TPSA) is 108 Å². The summed E-state index contributed by atoms with van der Waals surface area (Å²) in [5.41, 5.74) is 4.33.